The van der Waals surface area contributed by atoms with Crippen LogP contribution in [0.4, 0.5) is 5.82 Å². The molecule has 1 atom stereocenters. The molecule has 0 bridgehead atoms. The molecule has 5 nitrogen and oxygen atoms in total. The summed E-state index contributed by atoms with van der Waals surface area (Å²) in [4.78, 5) is 13.3. The molecule has 1 aromatic rings. The van der Waals surface area contributed by atoms with Crippen LogP contribution in [0.25, 0.3) is 0 Å². The highest BCUT2D eigenvalue weighted by Crippen LogP contribution is 2.24. The Morgan fingerprint density at radius 1 is 1.11 bits per heavy atom. The van der Waals surface area contributed by atoms with E-state index in [1.165, 1.54) is 38.8 Å². The van der Waals surface area contributed by atoms with Crippen molar-refractivity contribution in [1.29, 1.82) is 5.26 Å². The van der Waals surface area contributed by atoms with Gasteiger partial charge >= 0.3 is 0 Å². The number of likely N-dealkylation sites (tertiary alicyclic amines) is 1. The Balaban J connectivity index is 1.70. The summed E-state index contributed by atoms with van der Waals surface area (Å²) >= 11 is 0. The zero-order chi connectivity index (χ0) is 13.1. The van der Waals surface area contributed by atoms with Gasteiger partial charge in [0.25, 0.3) is 0 Å². The maximum absolute atomic E-state index is 9.10. The van der Waals surface area contributed by atoms with Gasteiger partial charge in [0.05, 0.1) is 0 Å². The summed E-state index contributed by atoms with van der Waals surface area (Å²) in [6.45, 7) is 4.41. The summed E-state index contributed by atoms with van der Waals surface area (Å²) in [5, 5.41) is 9.10. The van der Waals surface area contributed by atoms with E-state index in [2.05, 4.69) is 25.8 Å². The van der Waals surface area contributed by atoms with Gasteiger partial charge < -0.3 is 4.90 Å². The summed E-state index contributed by atoms with van der Waals surface area (Å²) in [5.74, 6) is 0.754. The van der Waals surface area contributed by atoms with E-state index >= 15 is 0 Å². The van der Waals surface area contributed by atoms with Gasteiger partial charge in [-0.2, -0.15) is 5.26 Å². The van der Waals surface area contributed by atoms with E-state index in [1.54, 1.807) is 12.4 Å². The lowest BCUT2D eigenvalue weighted by Gasteiger charge is -2.32. The first kappa shape index (κ1) is 12.4. The zero-order valence-corrected chi connectivity index (χ0v) is 11.1. The molecule has 1 unspecified atom stereocenters. The lowest BCUT2D eigenvalue weighted by Crippen LogP contribution is -2.41. The highest BCUT2D eigenvalue weighted by atomic mass is 15.3. The van der Waals surface area contributed by atoms with Crippen LogP contribution in [-0.2, 0) is 0 Å². The second-order valence-electron chi connectivity index (χ2n) is 5.33. The minimum Gasteiger partial charge on any atom is -0.353 e. The molecule has 2 aliphatic heterocycles. The number of nitriles is 1. The van der Waals surface area contributed by atoms with Crippen LogP contribution in [0.15, 0.2) is 12.4 Å². The zero-order valence-electron chi connectivity index (χ0n) is 11.1. The smallest absolute Gasteiger partial charge is 0.183 e. The molecule has 0 spiro atoms. The molecule has 1 aromatic heterocycles. The van der Waals surface area contributed by atoms with Gasteiger partial charge in [-0.05, 0) is 32.4 Å². The average Bonchev–Trinajstić information content (AvgIpc) is 2.98. The third kappa shape index (κ3) is 2.54. The molecule has 0 N–H and O–H groups in total. The number of aromatic nitrogens is 2. The van der Waals surface area contributed by atoms with Crippen molar-refractivity contribution in [3.05, 3.63) is 18.1 Å². The van der Waals surface area contributed by atoms with Gasteiger partial charge in [-0.3, -0.25) is 4.90 Å². The van der Waals surface area contributed by atoms with Crippen molar-refractivity contribution in [3.8, 4) is 6.07 Å². The Labute approximate surface area is 113 Å². The molecule has 2 aliphatic rings. The molecule has 0 saturated carbocycles. The Hall–Kier alpha value is -1.67. The van der Waals surface area contributed by atoms with Crippen LogP contribution >= 0.6 is 0 Å². The molecule has 0 amide bonds. The second kappa shape index (κ2) is 5.54. The van der Waals surface area contributed by atoms with Gasteiger partial charge in [0.2, 0.25) is 0 Å². The van der Waals surface area contributed by atoms with Crippen LogP contribution in [-0.4, -0.2) is 47.1 Å². The van der Waals surface area contributed by atoms with Gasteiger partial charge in [-0.15, -0.1) is 0 Å². The molecule has 0 aromatic carbocycles. The highest BCUT2D eigenvalue weighted by molar-refractivity contribution is 5.50. The summed E-state index contributed by atoms with van der Waals surface area (Å²) in [6.07, 6.45) is 8.44. The fourth-order valence-electron chi connectivity index (χ4n) is 3.16. The molecule has 100 valence electrons. The van der Waals surface area contributed by atoms with Gasteiger partial charge in [0.1, 0.15) is 6.07 Å². The highest BCUT2D eigenvalue weighted by Gasteiger charge is 2.30. The Kier molecular flexibility index (Phi) is 3.60. The van der Waals surface area contributed by atoms with E-state index in [-0.39, 0.29) is 0 Å². The van der Waals surface area contributed by atoms with Crippen molar-refractivity contribution in [2.45, 2.75) is 31.7 Å². The van der Waals surface area contributed by atoms with Crippen LogP contribution in [0.5, 0.6) is 0 Å². The number of hydrogen-bond acceptors (Lipinski definition) is 5. The molecule has 3 rings (SSSR count). The molecular weight excluding hydrogens is 238 g/mol. The Morgan fingerprint density at radius 2 is 1.89 bits per heavy atom. The molecule has 0 radical (unpaired) electrons. The van der Waals surface area contributed by atoms with Crippen molar-refractivity contribution in [2.75, 3.05) is 31.1 Å². The fourth-order valence-corrected chi connectivity index (χ4v) is 3.16. The van der Waals surface area contributed by atoms with Crippen molar-refractivity contribution in [2.24, 2.45) is 0 Å². The van der Waals surface area contributed by atoms with Crippen LogP contribution in [0.1, 0.15) is 31.4 Å². The second-order valence-corrected chi connectivity index (χ2v) is 5.33. The van der Waals surface area contributed by atoms with E-state index in [9.17, 15) is 0 Å². The van der Waals surface area contributed by atoms with Crippen LogP contribution < -0.4 is 4.90 Å². The number of hydrogen-bond donors (Lipinski definition) is 0. The Bertz CT molecular complexity index is 475. The lowest BCUT2D eigenvalue weighted by atomic mass is 10.1. The van der Waals surface area contributed by atoms with E-state index in [4.69, 9.17) is 5.26 Å². The van der Waals surface area contributed by atoms with Gasteiger partial charge in [0, 0.05) is 31.5 Å². The van der Waals surface area contributed by atoms with E-state index in [0.29, 0.717) is 11.7 Å². The predicted molar refractivity (Wildman–Crippen MR) is 72.8 cm³/mol. The molecular formula is C14H19N5. The minimum atomic E-state index is 0.446. The number of rotatable bonds is 2. The quantitative estimate of drug-likeness (QED) is 0.802. The molecule has 2 fully saturated rings. The third-order valence-electron chi connectivity index (χ3n) is 4.15. The Morgan fingerprint density at radius 3 is 2.68 bits per heavy atom. The summed E-state index contributed by atoms with van der Waals surface area (Å²) in [6, 6.07) is 2.76. The molecule has 2 saturated heterocycles. The van der Waals surface area contributed by atoms with Crippen LogP contribution in [0, 0.1) is 11.3 Å². The van der Waals surface area contributed by atoms with Crippen LogP contribution in [0.2, 0.25) is 0 Å². The first-order valence-electron chi connectivity index (χ1n) is 7.08. The third-order valence-corrected chi connectivity index (χ3v) is 4.15. The van der Waals surface area contributed by atoms with E-state index in [1.807, 2.05) is 0 Å². The average molecular weight is 257 g/mol. The van der Waals surface area contributed by atoms with E-state index in [0.717, 1.165) is 18.9 Å². The fraction of sp³-hybridized carbons (Fsp3) is 0.643. The molecule has 19 heavy (non-hydrogen) atoms. The minimum absolute atomic E-state index is 0.446. The summed E-state index contributed by atoms with van der Waals surface area (Å²) in [7, 11) is 0. The summed E-state index contributed by atoms with van der Waals surface area (Å²) in [5.41, 5.74) is 0.446. The molecule has 5 heteroatoms. The van der Waals surface area contributed by atoms with Crippen molar-refractivity contribution in [1.82, 2.24) is 14.9 Å². The first-order valence-corrected chi connectivity index (χ1v) is 7.08. The topological polar surface area (TPSA) is 56.1 Å². The standard InChI is InChI=1S/C14H19N5/c15-10-13-14(17-6-5-16-13)19-9-4-12(11-19)18-7-2-1-3-8-18/h5-6,12H,1-4,7-9,11H2. The first-order chi connectivity index (χ1) is 9.38. The van der Waals surface area contributed by atoms with Gasteiger partial charge in [0.15, 0.2) is 11.5 Å². The predicted octanol–water partition coefficient (Wildman–Crippen LogP) is 1.41. The van der Waals surface area contributed by atoms with Gasteiger partial charge in [-0.1, -0.05) is 6.42 Å². The van der Waals surface area contributed by atoms with Gasteiger partial charge in [-0.25, -0.2) is 9.97 Å². The normalized spacial score (nSPS) is 24.4. The molecule has 0 aliphatic carbocycles. The lowest BCUT2D eigenvalue weighted by molar-refractivity contribution is 0.175. The van der Waals surface area contributed by atoms with Crippen molar-refractivity contribution < 1.29 is 0 Å². The number of anilines is 1. The molecule has 3 heterocycles. The summed E-state index contributed by atoms with van der Waals surface area (Å²) < 4.78 is 0. The van der Waals surface area contributed by atoms with Crippen molar-refractivity contribution >= 4 is 5.82 Å². The maximum Gasteiger partial charge on any atom is 0.183 e. The largest absolute Gasteiger partial charge is 0.353 e. The number of nitrogens with zero attached hydrogens (tertiary/aromatic N) is 5. The monoisotopic (exact) mass is 257 g/mol. The van der Waals surface area contributed by atoms with Crippen molar-refractivity contribution in [3.63, 3.8) is 0 Å². The SMILES string of the molecule is N#Cc1nccnc1N1CCC(N2CCCCC2)C1. The number of piperidine rings is 1. The maximum atomic E-state index is 9.10. The van der Waals surface area contributed by atoms with E-state index < -0.39 is 0 Å². The van der Waals surface area contributed by atoms with Crippen LogP contribution in [0.3, 0.4) is 0 Å².